The highest BCUT2D eigenvalue weighted by Crippen LogP contribution is 2.20. The predicted octanol–water partition coefficient (Wildman–Crippen LogP) is 2.10. The highest BCUT2D eigenvalue weighted by atomic mass is 16.1. The summed E-state index contributed by atoms with van der Waals surface area (Å²) >= 11 is 0. The monoisotopic (exact) mass is 332 g/mol. The van der Waals surface area contributed by atoms with Crippen molar-refractivity contribution in [3.8, 4) is 0 Å². The van der Waals surface area contributed by atoms with Gasteiger partial charge in [-0.3, -0.25) is 9.69 Å². The first-order valence-electron chi connectivity index (χ1n) is 9.48. The van der Waals surface area contributed by atoms with Gasteiger partial charge in [0.2, 0.25) is 0 Å². The Morgan fingerprint density at radius 3 is 2.54 bits per heavy atom. The molecule has 1 atom stereocenters. The van der Waals surface area contributed by atoms with Gasteiger partial charge in [0.1, 0.15) is 0 Å². The Hall–Kier alpha value is -1.20. The highest BCUT2D eigenvalue weighted by molar-refractivity contribution is 5.10. The molecule has 1 aromatic heterocycles. The smallest absolute Gasteiger partial charge is 0.266 e. The molecule has 0 aliphatic carbocycles. The van der Waals surface area contributed by atoms with Crippen molar-refractivity contribution in [2.75, 3.05) is 32.7 Å². The molecule has 0 bridgehead atoms. The second kappa shape index (κ2) is 7.36. The van der Waals surface area contributed by atoms with E-state index < -0.39 is 0 Å². The van der Waals surface area contributed by atoms with Crippen LogP contribution in [0.5, 0.6) is 0 Å². The van der Waals surface area contributed by atoms with Crippen molar-refractivity contribution in [1.82, 2.24) is 19.6 Å². The van der Waals surface area contributed by atoms with Crippen LogP contribution >= 0.6 is 0 Å². The van der Waals surface area contributed by atoms with Gasteiger partial charge in [-0.2, -0.15) is 5.10 Å². The molecule has 0 saturated carbocycles. The van der Waals surface area contributed by atoms with Crippen LogP contribution in [0.2, 0.25) is 0 Å². The van der Waals surface area contributed by atoms with Crippen LogP contribution in [0.15, 0.2) is 16.9 Å². The molecule has 0 radical (unpaired) electrons. The molecular formula is C19H32N4O. The van der Waals surface area contributed by atoms with Crippen molar-refractivity contribution in [3.05, 3.63) is 28.2 Å². The molecule has 1 unspecified atom stereocenters. The van der Waals surface area contributed by atoms with E-state index in [9.17, 15) is 4.79 Å². The van der Waals surface area contributed by atoms with Crippen molar-refractivity contribution in [2.24, 2.45) is 0 Å². The summed E-state index contributed by atoms with van der Waals surface area (Å²) in [5.41, 5.74) is 0.985. The van der Waals surface area contributed by atoms with Gasteiger partial charge in [0.25, 0.3) is 5.56 Å². The van der Waals surface area contributed by atoms with Gasteiger partial charge in [-0.1, -0.05) is 20.8 Å². The number of likely N-dealkylation sites (tertiary alicyclic amines) is 2. The fourth-order valence-electron chi connectivity index (χ4n) is 3.85. The maximum absolute atomic E-state index is 12.2. The number of aromatic nitrogens is 2. The van der Waals surface area contributed by atoms with Gasteiger partial charge >= 0.3 is 0 Å². The minimum Gasteiger partial charge on any atom is -0.302 e. The van der Waals surface area contributed by atoms with E-state index in [-0.39, 0.29) is 11.0 Å². The van der Waals surface area contributed by atoms with Gasteiger partial charge in [-0.15, -0.1) is 0 Å². The van der Waals surface area contributed by atoms with Gasteiger partial charge in [-0.25, -0.2) is 4.68 Å². The molecule has 134 valence electrons. The summed E-state index contributed by atoms with van der Waals surface area (Å²) in [4.78, 5) is 17.4. The Labute approximate surface area is 145 Å². The SMILES string of the molecule is CC(C)(C)c1ccc(=O)n(CC2CCCN2CCN2CCCC2)n1. The molecule has 2 aliphatic rings. The van der Waals surface area contributed by atoms with Crippen LogP contribution in [0.4, 0.5) is 0 Å². The van der Waals surface area contributed by atoms with E-state index in [2.05, 4.69) is 35.7 Å². The third kappa shape index (κ3) is 4.25. The lowest BCUT2D eigenvalue weighted by molar-refractivity contribution is 0.193. The van der Waals surface area contributed by atoms with Gasteiger partial charge in [0.05, 0.1) is 12.2 Å². The maximum Gasteiger partial charge on any atom is 0.266 e. The average Bonchev–Trinajstić information content (AvgIpc) is 3.17. The Kier molecular flexibility index (Phi) is 5.40. The summed E-state index contributed by atoms with van der Waals surface area (Å²) in [6, 6.07) is 4.00. The summed E-state index contributed by atoms with van der Waals surface area (Å²) in [5.74, 6) is 0. The van der Waals surface area contributed by atoms with Crippen molar-refractivity contribution >= 4 is 0 Å². The molecule has 5 nitrogen and oxygen atoms in total. The molecule has 2 saturated heterocycles. The molecular weight excluding hydrogens is 300 g/mol. The molecule has 0 spiro atoms. The molecule has 3 rings (SSSR count). The quantitative estimate of drug-likeness (QED) is 0.828. The van der Waals surface area contributed by atoms with E-state index in [1.807, 2.05) is 6.07 Å². The summed E-state index contributed by atoms with van der Waals surface area (Å²) in [5, 5.41) is 4.65. The summed E-state index contributed by atoms with van der Waals surface area (Å²) in [6.07, 6.45) is 5.11. The Balaban J connectivity index is 1.64. The second-order valence-corrected chi connectivity index (χ2v) is 8.37. The summed E-state index contributed by atoms with van der Waals surface area (Å²) in [7, 11) is 0. The number of nitrogens with zero attached hydrogens (tertiary/aromatic N) is 4. The third-order valence-electron chi connectivity index (χ3n) is 5.42. The minimum absolute atomic E-state index is 0.0226. The Morgan fingerprint density at radius 2 is 1.83 bits per heavy atom. The van der Waals surface area contributed by atoms with E-state index in [0.717, 1.165) is 25.3 Å². The molecule has 0 N–H and O–H groups in total. The van der Waals surface area contributed by atoms with Crippen LogP contribution in [-0.4, -0.2) is 58.3 Å². The number of hydrogen-bond acceptors (Lipinski definition) is 4. The van der Waals surface area contributed by atoms with Crippen molar-refractivity contribution in [3.63, 3.8) is 0 Å². The molecule has 2 aliphatic heterocycles. The van der Waals surface area contributed by atoms with E-state index in [0.29, 0.717) is 6.04 Å². The van der Waals surface area contributed by atoms with Crippen molar-refractivity contribution in [2.45, 2.75) is 64.5 Å². The van der Waals surface area contributed by atoms with Crippen molar-refractivity contribution < 1.29 is 0 Å². The molecule has 0 amide bonds. The Morgan fingerprint density at radius 1 is 1.08 bits per heavy atom. The average molecular weight is 332 g/mol. The van der Waals surface area contributed by atoms with Crippen LogP contribution in [0.25, 0.3) is 0 Å². The minimum atomic E-state index is -0.0272. The van der Waals surface area contributed by atoms with E-state index >= 15 is 0 Å². The molecule has 0 aromatic carbocycles. The fourth-order valence-corrected chi connectivity index (χ4v) is 3.85. The molecule has 1 aromatic rings. The van der Waals surface area contributed by atoms with Gasteiger partial charge in [-0.05, 0) is 51.4 Å². The largest absolute Gasteiger partial charge is 0.302 e. The highest BCUT2D eigenvalue weighted by Gasteiger charge is 2.26. The van der Waals surface area contributed by atoms with Crippen LogP contribution < -0.4 is 5.56 Å². The lowest BCUT2D eigenvalue weighted by Crippen LogP contribution is -2.41. The Bertz CT molecular complexity index is 598. The molecule has 3 heterocycles. The van der Waals surface area contributed by atoms with Gasteiger partial charge in [0.15, 0.2) is 0 Å². The number of rotatable bonds is 5. The van der Waals surface area contributed by atoms with Crippen LogP contribution in [-0.2, 0) is 12.0 Å². The first-order valence-corrected chi connectivity index (χ1v) is 9.48. The zero-order chi connectivity index (χ0) is 17.2. The lowest BCUT2D eigenvalue weighted by Gasteiger charge is -2.27. The third-order valence-corrected chi connectivity index (χ3v) is 5.42. The zero-order valence-electron chi connectivity index (χ0n) is 15.5. The summed E-state index contributed by atoms with van der Waals surface area (Å²) < 4.78 is 1.69. The number of hydrogen-bond donors (Lipinski definition) is 0. The normalized spacial score (nSPS) is 23.2. The van der Waals surface area contributed by atoms with E-state index in [4.69, 9.17) is 0 Å². The van der Waals surface area contributed by atoms with Crippen LogP contribution in [0.3, 0.4) is 0 Å². The van der Waals surface area contributed by atoms with Crippen LogP contribution in [0, 0.1) is 0 Å². The van der Waals surface area contributed by atoms with Gasteiger partial charge < -0.3 is 4.90 Å². The second-order valence-electron chi connectivity index (χ2n) is 8.37. The predicted molar refractivity (Wildman–Crippen MR) is 97.5 cm³/mol. The van der Waals surface area contributed by atoms with E-state index in [1.54, 1.807) is 10.7 Å². The van der Waals surface area contributed by atoms with Crippen molar-refractivity contribution in [1.29, 1.82) is 0 Å². The molecule has 24 heavy (non-hydrogen) atoms. The van der Waals surface area contributed by atoms with Gasteiger partial charge in [0, 0.05) is 30.6 Å². The fraction of sp³-hybridized carbons (Fsp3) is 0.789. The first-order chi connectivity index (χ1) is 11.4. The zero-order valence-corrected chi connectivity index (χ0v) is 15.5. The van der Waals surface area contributed by atoms with E-state index in [1.165, 1.54) is 45.3 Å². The first kappa shape index (κ1) is 17.6. The topological polar surface area (TPSA) is 41.4 Å². The molecule has 5 heteroatoms. The van der Waals surface area contributed by atoms with Crippen LogP contribution in [0.1, 0.15) is 52.1 Å². The lowest BCUT2D eigenvalue weighted by atomic mass is 9.92. The maximum atomic E-state index is 12.2. The summed E-state index contributed by atoms with van der Waals surface area (Å²) in [6.45, 7) is 13.1. The standard InChI is InChI=1S/C19H32N4O/c1-19(2,3)17-8-9-18(24)23(20-17)15-16-7-6-12-22(16)14-13-21-10-4-5-11-21/h8-9,16H,4-7,10-15H2,1-3H3. The molecule has 2 fully saturated rings.